The molecule has 0 aromatic heterocycles. The summed E-state index contributed by atoms with van der Waals surface area (Å²) in [6, 6.07) is 5.07. The fourth-order valence-electron chi connectivity index (χ4n) is 1.91. The van der Waals surface area contributed by atoms with E-state index in [2.05, 4.69) is 39.1 Å². The van der Waals surface area contributed by atoms with Crippen molar-refractivity contribution in [3.05, 3.63) is 35.2 Å². The van der Waals surface area contributed by atoms with Gasteiger partial charge in [-0.15, -0.1) is 0 Å². The molecule has 0 bridgehead atoms. The van der Waals surface area contributed by atoms with Crippen LogP contribution in [0.2, 0.25) is 0 Å². The van der Waals surface area contributed by atoms with Crippen molar-refractivity contribution in [2.24, 2.45) is 11.8 Å². The Morgan fingerprint density at radius 3 is 2.50 bits per heavy atom. The molecule has 0 fully saturated rings. The van der Waals surface area contributed by atoms with E-state index in [1.807, 2.05) is 6.07 Å². The highest BCUT2D eigenvalue weighted by Gasteiger charge is 2.06. The highest BCUT2D eigenvalue weighted by Crippen LogP contribution is 2.21. The number of benzene rings is 1. The summed E-state index contributed by atoms with van der Waals surface area (Å²) in [4.78, 5) is 0. The molecule has 0 unspecified atom stereocenters. The van der Waals surface area contributed by atoms with Crippen LogP contribution >= 0.6 is 0 Å². The molecule has 0 saturated heterocycles. The van der Waals surface area contributed by atoms with Gasteiger partial charge in [-0.3, -0.25) is 0 Å². The first kappa shape index (κ1) is 16.7. The van der Waals surface area contributed by atoms with Crippen molar-refractivity contribution in [2.75, 3.05) is 20.2 Å². The van der Waals surface area contributed by atoms with Crippen LogP contribution in [0.15, 0.2) is 23.8 Å². The molecular formula is C17H26FNO. The Balaban J connectivity index is 2.82. The molecule has 0 saturated carbocycles. The highest BCUT2D eigenvalue weighted by atomic mass is 19.1. The summed E-state index contributed by atoms with van der Waals surface area (Å²) in [5.41, 5.74) is 2.15. The molecule has 20 heavy (non-hydrogen) atoms. The Morgan fingerprint density at radius 2 is 2.00 bits per heavy atom. The van der Waals surface area contributed by atoms with Crippen LogP contribution in [0.5, 0.6) is 5.75 Å². The Bertz CT molecular complexity index is 452. The lowest BCUT2D eigenvalue weighted by Gasteiger charge is -2.14. The van der Waals surface area contributed by atoms with Gasteiger partial charge in [-0.25, -0.2) is 4.39 Å². The summed E-state index contributed by atoms with van der Waals surface area (Å²) in [5, 5.41) is 3.44. The Kier molecular flexibility index (Phi) is 6.73. The smallest absolute Gasteiger partial charge is 0.165 e. The van der Waals surface area contributed by atoms with Crippen molar-refractivity contribution in [1.29, 1.82) is 0 Å². The average molecular weight is 279 g/mol. The van der Waals surface area contributed by atoms with Gasteiger partial charge in [0.05, 0.1) is 7.11 Å². The number of methoxy groups -OCH3 is 1. The standard InChI is InChI=1S/C17H26FNO/c1-12(2)10-19-11-15(13(3)4)8-14-6-7-17(20-5)16(18)9-14/h6-9,12-13,19H,10-11H2,1-5H3. The third kappa shape index (κ3) is 5.33. The van der Waals surface area contributed by atoms with Gasteiger partial charge in [-0.05, 0) is 36.1 Å². The van der Waals surface area contributed by atoms with Crippen molar-refractivity contribution >= 4 is 6.08 Å². The predicted molar refractivity (Wildman–Crippen MR) is 83.5 cm³/mol. The molecule has 0 heterocycles. The molecule has 3 heteroatoms. The van der Waals surface area contributed by atoms with Crippen molar-refractivity contribution in [3.8, 4) is 5.75 Å². The molecule has 0 atom stereocenters. The monoisotopic (exact) mass is 279 g/mol. The fourth-order valence-corrected chi connectivity index (χ4v) is 1.91. The maximum absolute atomic E-state index is 13.7. The molecule has 0 radical (unpaired) electrons. The van der Waals surface area contributed by atoms with Gasteiger partial charge in [0, 0.05) is 6.54 Å². The lowest BCUT2D eigenvalue weighted by Crippen LogP contribution is -2.23. The third-order valence-corrected chi connectivity index (χ3v) is 3.15. The van der Waals surface area contributed by atoms with Crippen LogP contribution < -0.4 is 10.1 Å². The summed E-state index contributed by atoms with van der Waals surface area (Å²) in [5.74, 6) is 1.02. The van der Waals surface area contributed by atoms with Gasteiger partial charge in [0.15, 0.2) is 11.6 Å². The van der Waals surface area contributed by atoms with E-state index in [1.54, 1.807) is 6.07 Å². The summed E-state index contributed by atoms with van der Waals surface area (Å²) in [7, 11) is 1.48. The van der Waals surface area contributed by atoms with Gasteiger partial charge in [-0.1, -0.05) is 45.4 Å². The van der Waals surface area contributed by atoms with Gasteiger partial charge in [0.2, 0.25) is 0 Å². The van der Waals surface area contributed by atoms with Gasteiger partial charge >= 0.3 is 0 Å². The first-order valence-corrected chi connectivity index (χ1v) is 7.18. The van der Waals surface area contributed by atoms with E-state index in [0.717, 1.165) is 18.7 Å². The Morgan fingerprint density at radius 1 is 1.30 bits per heavy atom. The number of rotatable bonds is 7. The van der Waals surface area contributed by atoms with Crippen LogP contribution in [0.4, 0.5) is 4.39 Å². The molecule has 1 aromatic rings. The van der Waals surface area contributed by atoms with Crippen molar-refractivity contribution < 1.29 is 9.13 Å². The largest absolute Gasteiger partial charge is 0.494 e. The topological polar surface area (TPSA) is 21.3 Å². The van der Waals surface area contributed by atoms with Crippen molar-refractivity contribution in [3.63, 3.8) is 0 Å². The average Bonchev–Trinajstić information content (AvgIpc) is 2.37. The van der Waals surface area contributed by atoms with Crippen LogP contribution in [-0.4, -0.2) is 20.2 Å². The Hall–Kier alpha value is -1.35. The van der Waals surface area contributed by atoms with E-state index >= 15 is 0 Å². The molecule has 0 aliphatic heterocycles. The zero-order valence-electron chi connectivity index (χ0n) is 13.2. The second kappa shape index (κ2) is 8.05. The second-order valence-electron chi connectivity index (χ2n) is 5.79. The molecule has 0 aliphatic carbocycles. The molecule has 1 N–H and O–H groups in total. The summed E-state index contributed by atoms with van der Waals surface area (Å²) >= 11 is 0. The van der Waals surface area contributed by atoms with E-state index < -0.39 is 0 Å². The predicted octanol–water partition coefficient (Wildman–Crippen LogP) is 4.12. The normalized spacial score (nSPS) is 12.3. The third-order valence-electron chi connectivity index (χ3n) is 3.15. The second-order valence-corrected chi connectivity index (χ2v) is 5.79. The number of hydrogen-bond donors (Lipinski definition) is 1. The quantitative estimate of drug-likeness (QED) is 0.810. The lowest BCUT2D eigenvalue weighted by molar-refractivity contribution is 0.386. The molecule has 0 amide bonds. The van der Waals surface area contributed by atoms with Crippen LogP contribution in [-0.2, 0) is 0 Å². The zero-order chi connectivity index (χ0) is 15.1. The van der Waals surface area contributed by atoms with Crippen molar-refractivity contribution in [1.82, 2.24) is 5.32 Å². The van der Waals surface area contributed by atoms with E-state index in [4.69, 9.17) is 4.74 Å². The fraction of sp³-hybridized carbons (Fsp3) is 0.529. The van der Waals surface area contributed by atoms with E-state index in [9.17, 15) is 4.39 Å². The van der Waals surface area contributed by atoms with Gasteiger partial charge in [0.1, 0.15) is 0 Å². The lowest BCUT2D eigenvalue weighted by atomic mass is 10.00. The van der Waals surface area contributed by atoms with Crippen molar-refractivity contribution in [2.45, 2.75) is 27.7 Å². The first-order valence-electron chi connectivity index (χ1n) is 7.18. The number of nitrogens with one attached hydrogen (secondary N) is 1. The maximum Gasteiger partial charge on any atom is 0.165 e. The number of hydrogen-bond acceptors (Lipinski definition) is 2. The molecule has 0 spiro atoms. The van der Waals surface area contributed by atoms with Gasteiger partial charge in [-0.2, -0.15) is 0 Å². The molecule has 112 valence electrons. The van der Waals surface area contributed by atoms with Crippen LogP contribution in [0, 0.1) is 17.7 Å². The minimum atomic E-state index is -0.320. The highest BCUT2D eigenvalue weighted by molar-refractivity contribution is 5.55. The van der Waals surface area contributed by atoms with E-state index in [1.165, 1.54) is 18.7 Å². The number of ether oxygens (including phenoxy) is 1. The Labute approximate surface area is 122 Å². The minimum absolute atomic E-state index is 0.283. The summed E-state index contributed by atoms with van der Waals surface area (Å²) in [6.45, 7) is 10.5. The summed E-state index contributed by atoms with van der Waals surface area (Å²) < 4.78 is 18.6. The van der Waals surface area contributed by atoms with Gasteiger partial charge in [0.25, 0.3) is 0 Å². The first-order chi connectivity index (χ1) is 9.43. The summed E-state index contributed by atoms with van der Waals surface area (Å²) in [6.07, 6.45) is 2.06. The van der Waals surface area contributed by atoms with E-state index in [-0.39, 0.29) is 11.6 Å². The molecule has 2 nitrogen and oxygen atoms in total. The molecule has 0 aliphatic rings. The molecule has 1 rings (SSSR count). The molecular weight excluding hydrogens is 253 g/mol. The van der Waals surface area contributed by atoms with Crippen LogP contribution in [0.25, 0.3) is 6.08 Å². The minimum Gasteiger partial charge on any atom is -0.494 e. The molecule has 1 aromatic carbocycles. The number of halogens is 1. The maximum atomic E-state index is 13.7. The SMILES string of the molecule is COc1ccc(C=C(CNCC(C)C)C(C)C)cc1F. The zero-order valence-corrected chi connectivity index (χ0v) is 13.2. The van der Waals surface area contributed by atoms with Crippen LogP contribution in [0.1, 0.15) is 33.3 Å². The van der Waals surface area contributed by atoms with Gasteiger partial charge < -0.3 is 10.1 Å². The van der Waals surface area contributed by atoms with Crippen LogP contribution in [0.3, 0.4) is 0 Å². The van der Waals surface area contributed by atoms with E-state index in [0.29, 0.717) is 11.8 Å².